The van der Waals surface area contributed by atoms with Gasteiger partial charge in [-0.15, -0.1) is 0 Å². The first-order valence-electron chi connectivity index (χ1n) is 6.42. The number of aryl methyl sites for hydroxylation is 1. The van der Waals surface area contributed by atoms with E-state index in [4.69, 9.17) is 9.84 Å². The van der Waals surface area contributed by atoms with Crippen LogP contribution in [0.2, 0.25) is 0 Å². The van der Waals surface area contributed by atoms with E-state index >= 15 is 0 Å². The van der Waals surface area contributed by atoms with E-state index in [1.54, 1.807) is 18.3 Å². The molecule has 1 aliphatic heterocycles. The molecule has 2 rings (SSSR count). The highest BCUT2D eigenvalue weighted by molar-refractivity contribution is 6.25. The first-order valence-corrected chi connectivity index (χ1v) is 6.42. The van der Waals surface area contributed by atoms with Crippen molar-refractivity contribution < 1.29 is 19.4 Å². The number of carbonyl (C=O) groups excluding carboxylic acids is 1. The molecule has 1 aromatic rings. The monoisotopic (exact) mass is 285 g/mol. The molecule has 0 bridgehead atoms. The number of allylic oxidation sites excluding steroid dienone is 5. The van der Waals surface area contributed by atoms with Gasteiger partial charge in [-0.1, -0.05) is 12.1 Å². The number of hydrogen-bond acceptors (Lipinski definition) is 4. The molecule has 1 N–H and O–H groups in total. The molecule has 0 fully saturated rings. The maximum absolute atomic E-state index is 12.1. The molecule has 1 aromatic heterocycles. The zero-order valence-electron chi connectivity index (χ0n) is 12.0. The highest BCUT2D eigenvalue weighted by Crippen LogP contribution is 2.28. The first-order chi connectivity index (χ1) is 9.95. The minimum Gasteiger partial charge on any atom is -0.477 e. The Balaban J connectivity index is 2.40. The van der Waals surface area contributed by atoms with Crippen LogP contribution in [0.5, 0.6) is 0 Å². The Morgan fingerprint density at radius 2 is 2.10 bits per heavy atom. The van der Waals surface area contributed by atoms with Crippen molar-refractivity contribution in [3.63, 3.8) is 0 Å². The molecule has 0 aliphatic carbocycles. The van der Waals surface area contributed by atoms with Crippen molar-refractivity contribution >= 4 is 17.3 Å². The molecular formula is C16H15NO4. The number of carboxylic acids is 1. The second kappa shape index (κ2) is 5.75. The summed E-state index contributed by atoms with van der Waals surface area (Å²) in [6.45, 7) is 5.16. The highest BCUT2D eigenvalue weighted by atomic mass is 16.5. The number of nitrogens with zero attached hydrogens (tertiary/aromatic N) is 1. The van der Waals surface area contributed by atoms with E-state index < -0.39 is 11.8 Å². The maximum Gasteiger partial charge on any atom is 0.343 e. The number of hydrogen-bond donors (Lipinski definition) is 1. The summed E-state index contributed by atoms with van der Waals surface area (Å²) in [4.78, 5) is 27.3. The van der Waals surface area contributed by atoms with Crippen LogP contribution in [0, 0.1) is 6.92 Å². The molecule has 5 heteroatoms. The smallest absolute Gasteiger partial charge is 0.343 e. The largest absolute Gasteiger partial charge is 0.477 e. The molecule has 108 valence electrons. The summed E-state index contributed by atoms with van der Waals surface area (Å²) in [5, 5.41) is 9.01. The molecule has 0 atom stereocenters. The fraction of sp³-hybridized carbons (Fsp3) is 0.188. The maximum atomic E-state index is 12.1. The van der Waals surface area contributed by atoms with E-state index in [0.717, 1.165) is 16.8 Å². The van der Waals surface area contributed by atoms with Gasteiger partial charge in [0.15, 0.2) is 5.76 Å². The van der Waals surface area contributed by atoms with Crippen molar-refractivity contribution in [3.05, 3.63) is 58.8 Å². The van der Waals surface area contributed by atoms with E-state index in [-0.39, 0.29) is 17.1 Å². The van der Waals surface area contributed by atoms with Crippen LogP contribution in [-0.2, 0) is 14.3 Å². The van der Waals surface area contributed by atoms with E-state index in [1.807, 2.05) is 26.0 Å². The minimum atomic E-state index is -1.28. The van der Waals surface area contributed by atoms with E-state index in [0.29, 0.717) is 0 Å². The van der Waals surface area contributed by atoms with Crippen molar-refractivity contribution in [2.45, 2.75) is 20.8 Å². The van der Waals surface area contributed by atoms with Gasteiger partial charge in [0.2, 0.25) is 5.78 Å². The average molecular weight is 285 g/mol. The van der Waals surface area contributed by atoms with Crippen LogP contribution in [0.4, 0.5) is 0 Å². The Kier molecular flexibility index (Phi) is 4.03. The van der Waals surface area contributed by atoms with Gasteiger partial charge in [-0.2, -0.15) is 0 Å². The zero-order chi connectivity index (χ0) is 15.6. The number of rotatable bonds is 3. The van der Waals surface area contributed by atoms with Crippen LogP contribution >= 0.6 is 0 Å². The van der Waals surface area contributed by atoms with Crippen molar-refractivity contribution in [3.8, 4) is 0 Å². The number of ketones is 1. The van der Waals surface area contributed by atoms with E-state index in [2.05, 4.69) is 4.98 Å². The third-order valence-electron chi connectivity index (χ3n) is 3.20. The topological polar surface area (TPSA) is 76.5 Å². The molecule has 0 aromatic carbocycles. The van der Waals surface area contributed by atoms with Gasteiger partial charge in [-0.25, -0.2) is 4.79 Å². The van der Waals surface area contributed by atoms with Crippen molar-refractivity contribution in [2.75, 3.05) is 0 Å². The molecule has 5 nitrogen and oxygen atoms in total. The Bertz CT molecular complexity index is 711. The van der Waals surface area contributed by atoms with Gasteiger partial charge >= 0.3 is 5.97 Å². The lowest BCUT2D eigenvalue weighted by atomic mass is 10.0. The summed E-state index contributed by atoms with van der Waals surface area (Å²) in [7, 11) is 0. The standard InChI is InChI=1S/C16H15NO4/c1-4-11(12-6-5-7-17-9(12)2)8-13-15(18)14(16(19)20)10(3)21-13/h4-8H,1-3H3,(H,19,20)/b11-4-,13-8-. The zero-order valence-corrected chi connectivity index (χ0v) is 12.0. The summed E-state index contributed by atoms with van der Waals surface area (Å²) in [6.07, 6.45) is 5.05. The summed E-state index contributed by atoms with van der Waals surface area (Å²) >= 11 is 0. The third kappa shape index (κ3) is 2.76. The summed E-state index contributed by atoms with van der Waals surface area (Å²) < 4.78 is 5.29. The normalized spacial score (nSPS) is 17.4. The number of pyridine rings is 1. The molecule has 0 saturated carbocycles. The van der Waals surface area contributed by atoms with Gasteiger partial charge < -0.3 is 9.84 Å². The third-order valence-corrected chi connectivity index (χ3v) is 3.20. The van der Waals surface area contributed by atoms with Crippen LogP contribution in [0.1, 0.15) is 25.1 Å². The van der Waals surface area contributed by atoms with Crippen LogP contribution in [0.3, 0.4) is 0 Å². The molecule has 0 saturated heterocycles. The molecular weight excluding hydrogens is 270 g/mol. The number of Topliss-reactive ketones (excluding diaryl/α,β-unsaturated/α-hetero) is 1. The Hall–Kier alpha value is -2.69. The molecule has 0 amide bonds. The summed E-state index contributed by atoms with van der Waals surface area (Å²) in [6, 6.07) is 3.68. The average Bonchev–Trinajstić information content (AvgIpc) is 2.71. The van der Waals surface area contributed by atoms with Gasteiger partial charge in [0, 0.05) is 17.5 Å². The fourth-order valence-corrected chi connectivity index (χ4v) is 2.14. The van der Waals surface area contributed by atoms with E-state index in [1.165, 1.54) is 6.92 Å². The molecule has 0 unspecified atom stereocenters. The number of aromatic nitrogens is 1. The second-order valence-corrected chi connectivity index (χ2v) is 4.56. The number of carboxylic acid groups (broad SMARTS) is 1. The van der Waals surface area contributed by atoms with Gasteiger partial charge in [-0.05, 0) is 38.5 Å². The lowest BCUT2D eigenvalue weighted by Crippen LogP contribution is -2.09. The predicted octanol–water partition coefficient (Wildman–Crippen LogP) is 2.64. The summed E-state index contributed by atoms with van der Waals surface area (Å²) in [5.74, 6) is -1.76. The quantitative estimate of drug-likeness (QED) is 0.682. The minimum absolute atomic E-state index is 0.0150. The second-order valence-electron chi connectivity index (χ2n) is 4.56. The van der Waals surface area contributed by atoms with Crippen LogP contribution in [0.15, 0.2) is 47.6 Å². The van der Waals surface area contributed by atoms with Crippen LogP contribution < -0.4 is 0 Å². The van der Waals surface area contributed by atoms with Gasteiger partial charge in [-0.3, -0.25) is 9.78 Å². The SMILES string of the molecule is C/C=C(/C=C1\OC(C)=C(C(=O)O)C1=O)c1cccnc1C. The van der Waals surface area contributed by atoms with E-state index in [9.17, 15) is 9.59 Å². The lowest BCUT2D eigenvalue weighted by Gasteiger charge is -2.06. The highest BCUT2D eigenvalue weighted by Gasteiger charge is 2.33. The summed E-state index contributed by atoms with van der Waals surface area (Å²) in [5.41, 5.74) is 2.12. The van der Waals surface area contributed by atoms with Crippen LogP contribution in [0.25, 0.3) is 5.57 Å². The van der Waals surface area contributed by atoms with Crippen molar-refractivity contribution in [1.29, 1.82) is 0 Å². The van der Waals surface area contributed by atoms with Crippen molar-refractivity contribution in [1.82, 2.24) is 4.98 Å². The molecule has 21 heavy (non-hydrogen) atoms. The predicted molar refractivity (Wildman–Crippen MR) is 77.1 cm³/mol. The van der Waals surface area contributed by atoms with Crippen LogP contribution in [-0.4, -0.2) is 21.8 Å². The Morgan fingerprint density at radius 1 is 1.38 bits per heavy atom. The van der Waals surface area contributed by atoms with Gasteiger partial charge in [0.1, 0.15) is 11.3 Å². The number of carbonyl (C=O) groups is 2. The Labute approximate surface area is 122 Å². The molecule has 0 radical (unpaired) electrons. The molecule has 2 heterocycles. The van der Waals surface area contributed by atoms with Gasteiger partial charge in [0.25, 0.3) is 0 Å². The lowest BCUT2D eigenvalue weighted by molar-refractivity contribution is -0.134. The number of aliphatic carboxylic acids is 1. The van der Waals surface area contributed by atoms with Crippen molar-refractivity contribution in [2.24, 2.45) is 0 Å². The van der Waals surface area contributed by atoms with Gasteiger partial charge in [0.05, 0.1) is 0 Å². The molecule has 0 spiro atoms. The molecule has 1 aliphatic rings. The number of ether oxygens (including phenoxy) is 1. The fourth-order valence-electron chi connectivity index (χ4n) is 2.14. The Morgan fingerprint density at radius 3 is 2.62 bits per heavy atom. The first kappa shape index (κ1) is 14.7.